The Hall–Kier alpha value is -3.44. The maximum absolute atomic E-state index is 14.6. The van der Waals surface area contributed by atoms with Crippen LogP contribution in [0.4, 0.5) is 5.69 Å². The van der Waals surface area contributed by atoms with Gasteiger partial charge in [0.05, 0.1) is 36.6 Å². The van der Waals surface area contributed by atoms with Crippen LogP contribution in [0.2, 0.25) is 0 Å². The number of benzene rings is 2. The molecule has 2 aromatic rings. The molecule has 5 aliphatic rings. The average Bonchev–Trinajstić information content (AvgIpc) is 3.24. The summed E-state index contributed by atoms with van der Waals surface area (Å²) in [7, 11) is -0.793. The first-order valence-corrected chi connectivity index (χ1v) is 16.1. The standard InChI is InChI=1S/C31H37N3O7S/c1-40-26-8-3-19(14-27(26)41-2)9-10-33(30(37)31-16-20-11-21(17-31)13-22(12-20)18-31)25-15-28(35)34(29(25)36)23-4-6-24(7-5-23)42(32,38)39/h3-8,14,20-22,25H,9-13,15-18H2,1-2H3,(H2,32,38,39). The van der Waals surface area contributed by atoms with Crippen LogP contribution in [0.3, 0.4) is 0 Å². The third kappa shape index (κ3) is 5.06. The zero-order chi connectivity index (χ0) is 29.8. The average molecular weight is 596 g/mol. The normalized spacial score (nSPS) is 28.3. The summed E-state index contributed by atoms with van der Waals surface area (Å²) in [5.41, 5.74) is 0.686. The molecule has 224 valence electrons. The molecule has 2 N–H and O–H groups in total. The van der Waals surface area contributed by atoms with E-state index in [9.17, 15) is 22.8 Å². The number of ether oxygens (including phenoxy) is 2. The number of carbonyl (C=O) groups is 3. The lowest BCUT2D eigenvalue weighted by atomic mass is 9.49. The number of sulfonamides is 1. The Morgan fingerprint density at radius 2 is 1.55 bits per heavy atom. The maximum Gasteiger partial charge on any atom is 0.257 e. The number of amides is 3. The Labute approximate surface area is 246 Å². The van der Waals surface area contributed by atoms with Gasteiger partial charge in [0.25, 0.3) is 5.91 Å². The maximum atomic E-state index is 14.6. The van der Waals surface area contributed by atoms with Crippen molar-refractivity contribution in [2.75, 3.05) is 25.7 Å². The summed E-state index contributed by atoms with van der Waals surface area (Å²) in [5.74, 6) is 1.89. The van der Waals surface area contributed by atoms with E-state index in [0.29, 0.717) is 35.7 Å². The van der Waals surface area contributed by atoms with Crippen LogP contribution in [0.15, 0.2) is 47.4 Å². The van der Waals surface area contributed by atoms with E-state index in [0.717, 1.165) is 29.7 Å². The lowest BCUT2D eigenvalue weighted by Crippen LogP contribution is -2.58. The molecule has 0 spiro atoms. The molecule has 3 amide bonds. The Morgan fingerprint density at radius 1 is 0.952 bits per heavy atom. The smallest absolute Gasteiger partial charge is 0.257 e. The predicted molar refractivity (Wildman–Crippen MR) is 154 cm³/mol. The van der Waals surface area contributed by atoms with Crippen molar-refractivity contribution in [3.05, 3.63) is 48.0 Å². The molecule has 2 aromatic carbocycles. The van der Waals surface area contributed by atoms with Gasteiger partial charge in [-0.3, -0.25) is 14.4 Å². The molecule has 0 radical (unpaired) electrons. The van der Waals surface area contributed by atoms with Crippen LogP contribution < -0.4 is 19.5 Å². The topological polar surface area (TPSA) is 136 Å². The number of imide groups is 1. The van der Waals surface area contributed by atoms with Crippen molar-refractivity contribution in [3.63, 3.8) is 0 Å². The summed E-state index contributed by atoms with van der Waals surface area (Å²) in [6, 6.07) is 10.00. The molecule has 10 nitrogen and oxygen atoms in total. The minimum Gasteiger partial charge on any atom is -0.493 e. The molecule has 11 heteroatoms. The van der Waals surface area contributed by atoms with Gasteiger partial charge in [0.1, 0.15) is 6.04 Å². The number of methoxy groups -OCH3 is 2. The Kier molecular flexibility index (Phi) is 7.29. The van der Waals surface area contributed by atoms with Crippen LogP contribution in [-0.4, -0.2) is 57.8 Å². The lowest BCUT2D eigenvalue weighted by Gasteiger charge is -2.57. The van der Waals surface area contributed by atoms with E-state index in [4.69, 9.17) is 14.6 Å². The number of hydrogen-bond acceptors (Lipinski definition) is 7. The highest BCUT2D eigenvalue weighted by molar-refractivity contribution is 7.89. The van der Waals surface area contributed by atoms with Gasteiger partial charge in [0.15, 0.2) is 11.5 Å². The number of nitrogens with two attached hydrogens (primary N) is 1. The molecule has 7 rings (SSSR count). The number of nitrogens with zero attached hydrogens (tertiary/aromatic N) is 2. The van der Waals surface area contributed by atoms with E-state index < -0.39 is 33.3 Å². The van der Waals surface area contributed by atoms with Crippen molar-refractivity contribution < 1.29 is 32.3 Å². The molecule has 5 fully saturated rings. The monoisotopic (exact) mass is 595 g/mol. The molecule has 1 unspecified atom stereocenters. The predicted octanol–water partition coefficient (Wildman–Crippen LogP) is 3.27. The van der Waals surface area contributed by atoms with E-state index >= 15 is 0 Å². The fourth-order valence-electron chi connectivity index (χ4n) is 8.28. The molecular weight excluding hydrogens is 558 g/mol. The van der Waals surface area contributed by atoms with Gasteiger partial charge in [-0.25, -0.2) is 18.5 Å². The minimum absolute atomic E-state index is 0.0142. The van der Waals surface area contributed by atoms with Crippen molar-refractivity contribution in [2.45, 2.75) is 62.3 Å². The van der Waals surface area contributed by atoms with Crippen molar-refractivity contribution >= 4 is 33.4 Å². The van der Waals surface area contributed by atoms with Gasteiger partial charge in [0, 0.05) is 6.54 Å². The van der Waals surface area contributed by atoms with Gasteiger partial charge in [-0.1, -0.05) is 6.07 Å². The van der Waals surface area contributed by atoms with Crippen LogP contribution >= 0.6 is 0 Å². The van der Waals surface area contributed by atoms with Gasteiger partial charge in [0.2, 0.25) is 21.8 Å². The van der Waals surface area contributed by atoms with Crippen LogP contribution in [0, 0.1) is 23.2 Å². The van der Waals surface area contributed by atoms with Crippen LogP contribution in [0.1, 0.15) is 50.5 Å². The van der Waals surface area contributed by atoms with E-state index in [1.54, 1.807) is 19.1 Å². The largest absolute Gasteiger partial charge is 0.493 e. The summed E-state index contributed by atoms with van der Waals surface area (Å²) in [6.45, 7) is 0.276. The molecule has 1 aliphatic heterocycles. The summed E-state index contributed by atoms with van der Waals surface area (Å²) >= 11 is 0. The first-order chi connectivity index (χ1) is 20.0. The van der Waals surface area contributed by atoms with E-state index in [2.05, 4.69) is 0 Å². The molecule has 4 saturated carbocycles. The number of rotatable bonds is 9. The SMILES string of the molecule is COc1ccc(CCN(C(=O)C23CC4CC(CC(C4)C2)C3)C2CC(=O)N(c3ccc(S(N)(=O)=O)cc3)C2=O)cc1OC. The molecular formula is C31H37N3O7S. The Balaban J connectivity index is 1.30. The number of carbonyl (C=O) groups excluding carboxylic acids is 3. The van der Waals surface area contributed by atoms with Gasteiger partial charge in [-0.2, -0.15) is 0 Å². The number of hydrogen-bond donors (Lipinski definition) is 1. The zero-order valence-corrected chi connectivity index (χ0v) is 24.8. The van der Waals surface area contributed by atoms with E-state index in [1.807, 2.05) is 18.2 Å². The molecule has 1 heterocycles. The van der Waals surface area contributed by atoms with Gasteiger partial charge in [-0.15, -0.1) is 0 Å². The van der Waals surface area contributed by atoms with Crippen molar-refractivity contribution in [3.8, 4) is 11.5 Å². The Morgan fingerprint density at radius 3 is 2.10 bits per heavy atom. The van der Waals surface area contributed by atoms with Crippen LogP contribution in [-0.2, 0) is 30.8 Å². The zero-order valence-electron chi connectivity index (χ0n) is 24.0. The molecule has 4 bridgehead atoms. The molecule has 1 saturated heterocycles. The molecule has 1 atom stereocenters. The van der Waals surface area contributed by atoms with E-state index in [1.165, 1.54) is 43.5 Å². The van der Waals surface area contributed by atoms with Gasteiger partial charge in [-0.05, 0) is 105 Å². The summed E-state index contributed by atoms with van der Waals surface area (Å²) in [5, 5.41) is 5.22. The van der Waals surface area contributed by atoms with Crippen molar-refractivity contribution in [2.24, 2.45) is 28.3 Å². The third-order valence-electron chi connectivity index (χ3n) is 9.76. The lowest BCUT2D eigenvalue weighted by molar-refractivity contribution is -0.161. The summed E-state index contributed by atoms with van der Waals surface area (Å²) in [4.78, 5) is 44.4. The second-order valence-corrected chi connectivity index (χ2v) is 14.0. The van der Waals surface area contributed by atoms with Crippen LogP contribution in [0.25, 0.3) is 0 Å². The second-order valence-electron chi connectivity index (χ2n) is 12.5. The number of primary sulfonamides is 1. The highest BCUT2D eigenvalue weighted by Crippen LogP contribution is 2.60. The quantitative estimate of drug-likeness (QED) is 0.440. The highest BCUT2D eigenvalue weighted by Gasteiger charge is 2.57. The highest BCUT2D eigenvalue weighted by atomic mass is 32.2. The van der Waals surface area contributed by atoms with Crippen LogP contribution in [0.5, 0.6) is 11.5 Å². The summed E-state index contributed by atoms with van der Waals surface area (Å²) < 4.78 is 34.2. The van der Waals surface area contributed by atoms with Gasteiger partial charge < -0.3 is 14.4 Å². The first-order valence-electron chi connectivity index (χ1n) is 14.5. The van der Waals surface area contributed by atoms with Crippen molar-refractivity contribution in [1.29, 1.82) is 0 Å². The second kappa shape index (κ2) is 10.7. The third-order valence-corrected chi connectivity index (χ3v) is 10.7. The summed E-state index contributed by atoms with van der Waals surface area (Å²) in [6.07, 6.45) is 6.43. The van der Waals surface area contributed by atoms with Gasteiger partial charge >= 0.3 is 0 Å². The molecule has 4 aliphatic carbocycles. The Bertz CT molecular complexity index is 1490. The minimum atomic E-state index is -3.93. The fraction of sp³-hybridized carbons (Fsp3) is 0.516. The van der Waals surface area contributed by atoms with E-state index in [-0.39, 0.29) is 29.5 Å². The number of anilines is 1. The van der Waals surface area contributed by atoms with Crippen molar-refractivity contribution in [1.82, 2.24) is 4.90 Å². The first kappa shape index (κ1) is 28.7. The molecule has 42 heavy (non-hydrogen) atoms. The fourth-order valence-corrected chi connectivity index (χ4v) is 8.79. The molecule has 0 aromatic heterocycles.